The first kappa shape index (κ1) is 22.1. The van der Waals surface area contributed by atoms with Crippen molar-refractivity contribution in [1.29, 1.82) is 0 Å². The maximum Gasteiger partial charge on any atom is 0.233 e. The molecule has 0 atom stereocenters. The fourth-order valence-electron chi connectivity index (χ4n) is 2.82. The molecule has 0 aliphatic carbocycles. The highest BCUT2D eigenvalue weighted by Gasteiger charge is 2.19. The lowest BCUT2D eigenvalue weighted by Crippen LogP contribution is -2.38. The van der Waals surface area contributed by atoms with Crippen LogP contribution in [-0.2, 0) is 4.79 Å². The highest BCUT2D eigenvalue weighted by atomic mass is 32.2. The molecule has 0 saturated heterocycles. The van der Waals surface area contributed by atoms with Crippen LogP contribution in [0, 0.1) is 11.8 Å². The Morgan fingerprint density at radius 3 is 2.29 bits per heavy atom. The molecule has 8 heteroatoms. The Kier molecular flexibility index (Phi) is 8.17. The van der Waals surface area contributed by atoms with Gasteiger partial charge in [-0.25, -0.2) is 4.68 Å². The number of carbonyl (C=O) groups excluding carboxylic acids is 1. The van der Waals surface area contributed by atoms with Crippen molar-refractivity contribution < 1.29 is 9.53 Å². The minimum atomic E-state index is 0.0954. The van der Waals surface area contributed by atoms with E-state index < -0.39 is 0 Å². The third-order valence-corrected chi connectivity index (χ3v) is 4.86. The molecule has 0 radical (unpaired) electrons. The van der Waals surface area contributed by atoms with Crippen LogP contribution in [0.2, 0.25) is 0 Å². The van der Waals surface area contributed by atoms with Gasteiger partial charge in [-0.15, -0.1) is 10.2 Å². The molecule has 0 saturated carbocycles. The van der Waals surface area contributed by atoms with Crippen molar-refractivity contribution in [2.45, 2.75) is 39.8 Å². The van der Waals surface area contributed by atoms with Crippen molar-refractivity contribution in [3.63, 3.8) is 0 Å². The molecule has 0 spiro atoms. The van der Waals surface area contributed by atoms with Crippen LogP contribution in [0.15, 0.2) is 29.4 Å². The molecule has 0 aliphatic heterocycles. The van der Waals surface area contributed by atoms with Gasteiger partial charge < -0.3 is 15.5 Å². The average molecular weight is 406 g/mol. The quantitative estimate of drug-likeness (QED) is 0.482. The second kappa shape index (κ2) is 10.4. The van der Waals surface area contributed by atoms with Gasteiger partial charge in [0.05, 0.1) is 12.4 Å². The van der Waals surface area contributed by atoms with Crippen LogP contribution in [0.1, 0.15) is 34.6 Å². The Balaban J connectivity index is 2.04. The van der Waals surface area contributed by atoms with E-state index >= 15 is 0 Å². The molecule has 2 rings (SSSR count). The zero-order valence-corrected chi connectivity index (χ0v) is 18.2. The number of aromatic nitrogens is 3. The first-order chi connectivity index (χ1) is 13.3. The third kappa shape index (κ3) is 6.15. The Morgan fingerprint density at radius 2 is 1.75 bits per heavy atom. The van der Waals surface area contributed by atoms with E-state index in [9.17, 15) is 4.79 Å². The number of thioether (sulfide) groups is 1. The van der Waals surface area contributed by atoms with Crippen LogP contribution in [-0.4, -0.2) is 51.1 Å². The summed E-state index contributed by atoms with van der Waals surface area (Å²) in [6.45, 7) is 12.5. The first-order valence-electron chi connectivity index (χ1n) is 9.66. The number of ether oxygens (including phenoxy) is 1. The molecular weight excluding hydrogens is 374 g/mol. The summed E-state index contributed by atoms with van der Waals surface area (Å²) < 4.78 is 6.89. The molecule has 0 fully saturated rings. The molecule has 0 aliphatic rings. The van der Waals surface area contributed by atoms with Crippen LogP contribution < -0.4 is 10.6 Å². The van der Waals surface area contributed by atoms with Crippen molar-refractivity contribution in [1.82, 2.24) is 19.8 Å². The number of hydrogen-bond donors (Lipinski definition) is 1. The number of amides is 1. The molecule has 7 nitrogen and oxygen atoms in total. The van der Waals surface area contributed by atoms with Crippen molar-refractivity contribution in [3.05, 3.63) is 24.3 Å². The van der Waals surface area contributed by atoms with Gasteiger partial charge in [-0.2, -0.15) is 0 Å². The summed E-state index contributed by atoms with van der Waals surface area (Å²) in [6.07, 6.45) is 0. The van der Waals surface area contributed by atoms with Crippen molar-refractivity contribution in [3.8, 4) is 17.1 Å². The van der Waals surface area contributed by atoms with Crippen LogP contribution in [0.4, 0.5) is 0 Å². The van der Waals surface area contributed by atoms with Crippen LogP contribution >= 0.6 is 11.8 Å². The van der Waals surface area contributed by atoms with Crippen LogP contribution in [0.3, 0.4) is 0 Å². The van der Waals surface area contributed by atoms with Gasteiger partial charge in [0.15, 0.2) is 5.82 Å². The topological polar surface area (TPSA) is 86.3 Å². The van der Waals surface area contributed by atoms with Gasteiger partial charge in [-0.05, 0) is 43.0 Å². The normalized spacial score (nSPS) is 11.2. The van der Waals surface area contributed by atoms with E-state index in [0.717, 1.165) is 24.4 Å². The molecular formula is C20H31N5O2S. The van der Waals surface area contributed by atoms with E-state index in [1.54, 1.807) is 0 Å². The maximum absolute atomic E-state index is 12.7. The van der Waals surface area contributed by atoms with Gasteiger partial charge in [0.1, 0.15) is 5.75 Å². The van der Waals surface area contributed by atoms with Gasteiger partial charge in [0.2, 0.25) is 11.1 Å². The number of benzene rings is 1. The molecule has 1 amide bonds. The minimum Gasteiger partial charge on any atom is -0.494 e. The standard InChI is InChI=1S/C20H31N5O2S/c1-6-27-17-9-7-16(8-10-17)19-22-23-20(25(19)21)28-13-18(26)24(11-14(2)3)12-15(4)5/h7-10,14-15H,6,11-13,21H2,1-5H3. The monoisotopic (exact) mass is 405 g/mol. The average Bonchev–Trinajstić information content (AvgIpc) is 3.00. The number of nitrogens with two attached hydrogens (primary N) is 1. The maximum atomic E-state index is 12.7. The zero-order valence-electron chi connectivity index (χ0n) is 17.4. The van der Waals surface area contributed by atoms with Crippen molar-refractivity contribution >= 4 is 17.7 Å². The lowest BCUT2D eigenvalue weighted by atomic mass is 10.1. The molecule has 1 heterocycles. The van der Waals surface area contributed by atoms with E-state index in [2.05, 4.69) is 37.9 Å². The molecule has 2 aromatic rings. The van der Waals surface area contributed by atoms with E-state index in [0.29, 0.717) is 29.4 Å². The summed E-state index contributed by atoms with van der Waals surface area (Å²) in [5.74, 6) is 8.76. The number of hydrogen-bond acceptors (Lipinski definition) is 6. The third-order valence-electron chi connectivity index (χ3n) is 3.94. The summed E-state index contributed by atoms with van der Waals surface area (Å²) >= 11 is 1.31. The van der Waals surface area contributed by atoms with E-state index in [-0.39, 0.29) is 11.7 Å². The summed E-state index contributed by atoms with van der Waals surface area (Å²) in [5, 5.41) is 8.86. The van der Waals surface area contributed by atoms with Crippen LogP contribution in [0.25, 0.3) is 11.4 Å². The number of carbonyl (C=O) groups is 1. The smallest absolute Gasteiger partial charge is 0.233 e. The summed E-state index contributed by atoms with van der Waals surface area (Å²) in [7, 11) is 0. The first-order valence-corrected chi connectivity index (χ1v) is 10.6. The molecule has 1 aromatic heterocycles. The predicted octanol–water partition coefficient (Wildman–Crippen LogP) is 3.29. The SMILES string of the molecule is CCOc1ccc(-c2nnc(SCC(=O)N(CC(C)C)CC(C)C)n2N)cc1. The molecule has 0 unspecified atom stereocenters. The van der Waals surface area contributed by atoms with E-state index in [1.807, 2.05) is 36.1 Å². The number of nitrogen functional groups attached to an aromatic ring is 1. The van der Waals surface area contributed by atoms with Crippen molar-refractivity contribution in [2.75, 3.05) is 31.3 Å². The number of rotatable bonds is 10. The molecule has 0 bridgehead atoms. The lowest BCUT2D eigenvalue weighted by molar-refractivity contribution is -0.129. The second-order valence-electron chi connectivity index (χ2n) is 7.51. The van der Waals surface area contributed by atoms with E-state index in [1.165, 1.54) is 16.4 Å². The second-order valence-corrected chi connectivity index (χ2v) is 8.45. The molecule has 2 N–H and O–H groups in total. The van der Waals surface area contributed by atoms with Gasteiger partial charge in [0, 0.05) is 18.7 Å². The summed E-state index contributed by atoms with van der Waals surface area (Å²) in [6, 6.07) is 7.54. The lowest BCUT2D eigenvalue weighted by Gasteiger charge is -2.26. The minimum absolute atomic E-state index is 0.0954. The summed E-state index contributed by atoms with van der Waals surface area (Å²) in [5.41, 5.74) is 0.845. The molecule has 1 aromatic carbocycles. The summed E-state index contributed by atoms with van der Waals surface area (Å²) in [4.78, 5) is 14.6. The Morgan fingerprint density at radius 1 is 1.14 bits per heavy atom. The Hall–Kier alpha value is -2.22. The highest BCUT2D eigenvalue weighted by Crippen LogP contribution is 2.24. The van der Waals surface area contributed by atoms with Gasteiger partial charge in [0.25, 0.3) is 0 Å². The van der Waals surface area contributed by atoms with Gasteiger partial charge in [-0.1, -0.05) is 39.5 Å². The van der Waals surface area contributed by atoms with Gasteiger partial charge in [-0.3, -0.25) is 4.79 Å². The highest BCUT2D eigenvalue weighted by molar-refractivity contribution is 7.99. The van der Waals surface area contributed by atoms with Crippen molar-refractivity contribution in [2.24, 2.45) is 11.8 Å². The molecule has 28 heavy (non-hydrogen) atoms. The Labute approximate surface area is 171 Å². The van der Waals surface area contributed by atoms with Crippen LogP contribution in [0.5, 0.6) is 5.75 Å². The Bertz CT molecular complexity index is 748. The van der Waals surface area contributed by atoms with E-state index in [4.69, 9.17) is 10.6 Å². The molecule has 154 valence electrons. The van der Waals surface area contributed by atoms with Gasteiger partial charge >= 0.3 is 0 Å². The largest absolute Gasteiger partial charge is 0.494 e. The predicted molar refractivity (Wildman–Crippen MR) is 114 cm³/mol. The fraction of sp³-hybridized carbons (Fsp3) is 0.550. The number of nitrogens with zero attached hydrogens (tertiary/aromatic N) is 4. The fourth-order valence-corrected chi connectivity index (χ4v) is 3.58. The zero-order chi connectivity index (χ0) is 20.7.